The summed E-state index contributed by atoms with van der Waals surface area (Å²) in [4.78, 5) is 15.6. The van der Waals surface area contributed by atoms with Gasteiger partial charge in [0, 0.05) is 19.5 Å². The predicted molar refractivity (Wildman–Crippen MR) is 57.7 cm³/mol. The van der Waals surface area contributed by atoms with Crippen LogP contribution in [0.15, 0.2) is 24.5 Å². The normalized spacial score (nSPS) is 11.1. The Hall–Kier alpha value is -1.42. The Bertz CT molecular complexity index is 323. The van der Waals surface area contributed by atoms with Gasteiger partial charge in [-0.2, -0.15) is 0 Å². The van der Waals surface area contributed by atoms with Crippen molar-refractivity contribution >= 4 is 5.91 Å². The summed E-state index contributed by atoms with van der Waals surface area (Å²) in [5.41, 5.74) is 0.184. The Kier molecular flexibility index (Phi) is 3.80. The summed E-state index contributed by atoms with van der Waals surface area (Å²) >= 11 is 0. The van der Waals surface area contributed by atoms with E-state index < -0.39 is 0 Å². The molecule has 0 bridgehead atoms. The van der Waals surface area contributed by atoms with Crippen LogP contribution in [0.3, 0.4) is 0 Å². The van der Waals surface area contributed by atoms with E-state index in [2.05, 4.69) is 10.3 Å². The maximum absolute atomic E-state index is 11.7. The Morgan fingerprint density at radius 2 is 2.33 bits per heavy atom. The average molecular weight is 208 g/mol. The Morgan fingerprint density at radius 3 is 2.87 bits per heavy atom. The monoisotopic (exact) mass is 208 g/mol. The number of hydrogen-bond acceptors (Lipinski definition) is 3. The first kappa shape index (κ1) is 11.7. The molecule has 1 amide bonds. The summed E-state index contributed by atoms with van der Waals surface area (Å²) < 4.78 is 5.01. The van der Waals surface area contributed by atoms with Gasteiger partial charge < -0.3 is 10.1 Å². The van der Waals surface area contributed by atoms with Crippen LogP contribution in [-0.2, 0) is 4.74 Å². The fourth-order valence-corrected chi connectivity index (χ4v) is 1.27. The van der Waals surface area contributed by atoms with Crippen molar-refractivity contribution in [2.45, 2.75) is 19.4 Å². The largest absolute Gasteiger partial charge is 0.382 e. The van der Waals surface area contributed by atoms with E-state index in [9.17, 15) is 4.79 Å². The minimum atomic E-state index is -0.373. The molecule has 4 heteroatoms. The molecule has 1 aromatic heterocycles. The average Bonchev–Trinajstić information content (AvgIpc) is 2.18. The molecule has 82 valence electrons. The van der Waals surface area contributed by atoms with Gasteiger partial charge in [-0.3, -0.25) is 9.78 Å². The Morgan fingerprint density at radius 1 is 1.60 bits per heavy atom. The first-order chi connectivity index (χ1) is 7.05. The van der Waals surface area contributed by atoms with Gasteiger partial charge in [0.15, 0.2) is 0 Å². The number of aromatic nitrogens is 1. The second kappa shape index (κ2) is 4.89. The van der Waals surface area contributed by atoms with Gasteiger partial charge in [-0.25, -0.2) is 0 Å². The van der Waals surface area contributed by atoms with Gasteiger partial charge in [0.05, 0.1) is 17.7 Å². The van der Waals surface area contributed by atoms with Crippen molar-refractivity contribution in [2.24, 2.45) is 0 Å². The van der Waals surface area contributed by atoms with Crippen LogP contribution in [0.25, 0.3) is 0 Å². The highest BCUT2D eigenvalue weighted by molar-refractivity contribution is 5.94. The van der Waals surface area contributed by atoms with Crippen LogP contribution >= 0.6 is 0 Å². The number of amides is 1. The lowest BCUT2D eigenvalue weighted by molar-refractivity contribution is 0.0819. The van der Waals surface area contributed by atoms with Crippen molar-refractivity contribution < 1.29 is 9.53 Å². The molecule has 1 rings (SSSR count). The van der Waals surface area contributed by atoms with E-state index in [4.69, 9.17) is 4.74 Å². The maximum atomic E-state index is 11.7. The minimum absolute atomic E-state index is 0.134. The van der Waals surface area contributed by atoms with Gasteiger partial charge in [0.25, 0.3) is 5.91 Å². The molecular weight excluding hydrogens is 192 g/mol. The fraction of sp³-hybridized carbons (Fsp3) is 0.455. The van der Waals surface area contributed by atoms with Crippen molar-refractivity contribution in [1.29, 1.82) is 0 Å². The third-order valence-corrected chi connectivity index (χ3v) is 1.88. The van der Waals surface area contributed by atoms with E-state index in [0.29, 0.717) is 12.2 Å². The molecule has 0 saturated heterocycles. The van der Waals surface area contributed by atoms with Crippen LogP contribution in [0.4, 0.5) is 0 Å². The quantitative estimate of drug-likeness (QED) is 0.809. The summed E-state index contributed by atoms with van der Waals surface area (Å²) in [6, 6.07) is 3.46. The molecule has 1 heterocycles. The minimum Gasteiger partial charge on any atom is -0.382 e. The zero-order chi connectivity index (χ0) is 11.3. The standard InChI is InChI=1S/C11H16N2O2/c1-11(2,8-15-3)13-10(14)9-5-4-6-12-7-9/h4-7H,8H2,1-3H3,(H,13,14). The molecule has 0 radical (unpaired) electrons. The second-order valence-electron chi connectivity index (χ2n) is 4.01. The number of nitrogens with one attached hydrogen (secondary N) is 1. The lowest BCUT2D eigenvalue weighted by atomic mass is 10.1. The van der Waals surface area contributed by atoms with E-state index in [1.54, 1.807) is 25.4 Å². The van der Waals surface area contributed by atoms with E-state index >= 15 is 0 Å². The number of pyridine rings is 1. The van der Waals surface area contributed by atoms with Gasteiger partial charge in [-0.05, 0) is 26.0 Å². The molecule has 0 atom stereocenters. The van der Waals surface area contributed by atoms with Crippen molar-refractivity contribution in [3.8, 4) is 0 Å². The first-order valence-corrected chi connectivity index (χ1v) is 4.77. The van der Waals surface area contributed by atoms with Crippen molar-refractivity contribution in [1.82, 2.24) is 10.3 Å². The third-order valence-electron chi connectivity index (χ3n) is 1.88. The van der Waals surface area contributed by atoms with Crippen LogP contribution in [0, 0.1) is 0 Å². The molecule has 15 heavy (non-hydrogen) atoms. The summed E-state index contributed by atoms with van der Waals surface area (Å²) in [5, 5.41) is 2.87. The van der Waals surface area contributed by atoms with Gasteiger partial charge in [0.2, 0.25) is 0 Å². The summed E-state index contributed by atoms with van der Waals surface area (Å²) in [6.45, 7) is 4.29. The van der Waals surface area contributed by atoms with Crippen LogP contribution < -0.4 is 5.32 Å². The van der Waals surface area contributed by atoms with E-state index in [0.717, 1.165) is 0 Å². The number of ether oxygens (including phenoxy) is 1. The molecule has 0 aliphatic carbocycles. The number of rotatable bonds is 4. The molecule has 0 unspecified atom stereocenters. The van der Waals surface area contributed by atoms with Crippen molar-refractivity contribution in [3.63, 3.8) is 0 Å². The van der Waals surface area contributed by atoms with Crippen molar-refractivity contribution in [2.75, 3.05) is 13.7 Å². The summed E-state index contributed by atoms with van der Waals surface area (Å²) in [7, 11) is 1.61. The van der Waals surface area contributed by atoms with Gasteiger partial charge in [0.1, 0.15) is 0 Å². The number of carbonyl (C=O) groups excluding carboxylic acids is 1. The van der Waals surface area contributed by atoms with Crippen LogP contribution in [0.5, 0.6) is 0 Å². The van der Waals surface area contributed by atoms with E-state index in [-0.39, 0.29) is 11.4 Å². The van der Waals surface area contributed by atoms with E-state index in [1.807, 2.05) is 13.8 Å². The highest BCUT2D eigenvalue weighted by Crippen LogP contribution is 2.05. The molecule has 0 aromatic carbocycles. The molecule has 0 saturated carbocycles. The second-order valence-corrected chi connectivity index (χ2v) is 4.01. The SMILES string of the molecule is COCC(C)(C)NC(=O)c1cccnc1. The van der Waals surface area contributed by atoms with Crippen molar-refractivity contribution in [3.05, 3.63) is 30.1 Å². The fourth-order valence-electron chi connectivity index (χ4n) is 1.27. The number of methoxy groups -OCH3 is 1. The first-order valence-electron chi connectivity index (χ1n) is 4.77. The summed E-state index contributed by atoms with van der Waals surface area (Å²) in [6.07, 6.45) is 3.18. The number of carbonyl (C=O) groups is 1. The molecule has 0 fully saturated rings. The highest BCUT2D eigenvalue weighted by Gasteiger charge is 2.20. The molecule has 0 aliphatic rings. The third kappa shape index (κ3) is 3.67. The molecule has 4 nitrogen and oxygen atoms in total. The predicted octanol–water partition coefficient (Wildman–Crippen LogP) is 1.24. The Labute approximate surface area is 89.7 Å². The number of hydrogen-bond donors (Lipinski definition) is 1. The molecule has 1 N–H and O–H groups in total. The molecule has 1 aromatic rings. The highest BCUT2D eigenvalue weighted by atomic mass is 16.5. The Balaban J connectivity index is 2.64. The lowest BCUT2D eigenvalue weighted by Gasteiger charge is -2.25. The molecule has 0 aliphatic heterocycles. The van der Waals surface area contributed by atoms with Gasteiger partial charge >= 0.3 is 0 Å². The molecule has 0 spiro atoms. The smallest absolute Gasteiger partial charge is 0.253 e. The maximum Gasteiger partial charge on any atom is 0.253 e. The van der Waals surface area contributed by atoms with Crippen LogP contribution in [0.1, 0.15) is 24.2 Å². The summed E-state index contributed by atoms with van der Waals surface area (Å²) in [5.74, 6) is -0.134. The van der Waals surface area contributed by atoms with Crippen LogP contribution in [-0.4, -0.2) is 30.1 Å². The van der Waals surface area contributed by atoms with Gasteiger partial charge in [-0.1, -0.05) is 0 Å². The lowest BCUT2D eigenvalue weighted by Crippen LogP contribution is -2.46. The topological polar surface area (TPSA) is 51.2 Å². The zero-order valence-corrected chi connectivity index (χ0v) is 9.28. The number of nitrogens with zero attached hydrogens (tertiary/aromatic N) is 1. The van der Waals surface area contributed by atoms with Crippen LogP contribution in [0.2, 0.25) is 0 Å². The van der Waals surface area contributed by atoms with E-state index in [1.165, 1.54) is 6.20 Å². The van der Waals surface area contributed by atoms with Gasteiger partial charge in [-0.15, -0.1) is 0 Å². The molecular formula is C11H16N2O2. The zero-order valence-electron chi connectivity index (χ0n) is 9.28.